The van der Waals surface area contributed by atoms with Gasteiger partial charge in [0.25, 0.3) is 0 Å². The van der Waals surface area contributed by atoms with E-state index in [9.17, 15) is 18.3 Å². The summed E-state index contributed by atoms with van der Waals surface area (Å²) in [5.41, 5.74) is 1.99. The second kappa shape index (κ2) is 6.40. The Hall–Kier alpha value is -1.96. The van der Waals surface area contributed by atoms with E-state index in [4.69, 9.17) is 4.74 Å². The predicted octanol–water partition coefficient (Wildman–Crippen LogP) is 1.76. The molecule has 0 radical (unpaired) electrons. The number of ether oxygens (including phenoxy) is 1. The van der Waals surface area contributed by atoms with Gasteiger partial charge in [0.1, 0.15) is 0 Å². The Balaban J connectivity index is 2.10. The van der Waals surface area contributed by atoms with Crippen LogP contribution in [-0.4, -0.2) is 38.5 Å². The molecule has 7 nitrogen and oxygen atoms in total. The summed E-state index contributed by atoms with van der Waals surface area (Å²) in [5, 5.41) is 15.8. The van der Waals surface area contributed by atoms with Crippen LogP contribution in [0, 0.1) is 0 Å². The Bertz CT molecular complexity index is 780. The fourth-order valence-electron chi connectivity index (χ4n) is 3.52. The van der Waals surface area contributed by atoms with Crippen LogP contribution in [0.25, 0.3) is 0 Å². The second-order valence-electron chi connectivity index (χ2n) is 6.61. The molecular weight excluding hydrogens is 344 g/mol. The number of carbonyl (C=O) groups is 1. The van der Waals surface area contributed by atoms with Crippen LogP contribution in [0.1, 0.15) is 44.9 Å². The van der Waals surface area contributed by atoms with Gasteiger partial charge in [-0.05, 0) is 37.3 Å². The van der Waals surface area contributed by atoms with Crippen molar-refractivity contribution in [2.45, 2.75) is 49.9 Å². The Morgan fingerprint density at radius 1 is 1.16 bits per heavy atom. The molecule has 2 saturated carbocycles. The first-order chi connectivity index (χ1) is 11.9. The average molecular weight is 368 g/mol. The van der Waals surface area contributed by atoms with E-state index in [1.165, 1.54) is 13.1 Å². The minimum absolute atomic E-state index is 0.191. The molecule has 2 aliphatic carbocycles. The van der Waals surface area contributed by atoms with E-state index in [0.717, 1.165) is 37.7 Å². The highest BCUT2D eigenvalue weighted by Crippen LogP contribution is 2.46. The topological polar surface area (TPSA) is 105 Å². The molecule has 0 amide bonds. The molecular formula is C17H24N2O5S. The molecule has 0 atom stereocenters. The maximum atomic E-state index is 13.0. The number of rotatable bonds is 4. The lowest BCUT2D eigenvalue weighted by molar-refractivity contribution is -0.145. The number of sulfone groups is 1. The van der Waals surface area contributed by atoms with Crippen LogP contribution >= 0.6 is 0 Å². The molecule has 25 heavy (non-hydrogen) atoms. The molecule has 3 N–H and O–H groups in total. The largest absolute Gasteiger partial charge is 0.494 e. The van der Waals surface area contributed by atoms with Crippen molar-refractivity contribution >= 4 is 15.8 Å². The summed E-state index contributed by atoms with van der Waals surface area (Å²) in [6, 6.07) is 0. The standard InChI is InChI=1S/C17H24N2O5S/c1-18-14(11-6-7-11)12(15(20)19-2)10-13-16(21)24-17(25(13,22)23)8-4-3-5-9-17/h10,18-20H,3-9H2,1-2H3/b13-10+,15-12+. The smallest absolute Gasteiger partial charge is 0.351 e. The average Bonchev–Trinajstić information content (AvgIpc) is 3.40. The zero-order chi connectivity index (χ0) is 18.2. The Kier molecular flexibility index (Phi) is 4.57. The lowest BCUT2D eigenvalue weighted by Crippen LogP contribution is -2.38. The zero-order valence-electron chi connectivity index (χ0n) is 14.5. The van der Waals surface area contributed by atoms with Gasteiger partial charge in [-0.15, -0.1) is 0 Å². The molecule has 1 heterocycles. The third kappa shape index (κ3) is 2.92. The Morgan fingerprint density at radius 3 is 2.32 bits per heavy atom. The van der Waals surface area contributed by atoms with Gasteiger partial charge in [-0.2, -0.15) is 0 Å². The third-order valence-electron chi connectivity index (χ3n) is 5.01. The molecule has 0 aromatic heterocycles. The van der Waals surface area contributed by atoms with E-state index in [0.29, 0.717) is 18.5 Å². The molecule has 3 fully saturated rings. The van der Waals surface area contributed by atoms with E-state index in [1.807, 2.05) is 0 Å². The number of likely N-dealkylation sites (N-methyl/N-ethyl adjacent to an activating group) is 1. The first-order valence-electron chi connectivity index (χ1n) is 8.57. The zero-order valence-corrected chi connectivity index (χ0v) is 15.3. The van der Waals surface area contributed by atoms with Crippen molar-refractivity contribution in [1.82, 2.24) is 10.6 Å². The van der Waals surface area contributed by atoms with Crippen molar-refractivity contribution in [3.05, 3.63) is 33.7 Å². The normalized spacial score (nSPS) is 26.2. The number of carbonyl (C=O) groups excluding carboxylic acids is 1. The number of aliphatic hydroxyl groups excluding tert-OH is 1. The van der Waals surface area contributed by atoms with Crippen LogP contribution in [0.2, 0.25) is 0 Å². The van der Waals surface area contributed by atoms with Gasteiger partial charge in [-0.1, -0.05) is 6.42 Å². The van der Waals surface area contributed by atoms with E-state index in [-0.39, 0.29) is 16.4 Å². The summed E-state index contributed by atoms with van der Waals surface area (Å²) in [5.74, 6) is -1.02. The van der Waals surface area contributed by atoms with Gasteiger partial charge < -0.3 is 20.5 Å². The van der Waals surface area contributed by atoms with Crippen LogP contribution in [0.5, 0.6) is 0 Å². The minimum atomic E-state index is -3.92. The van der Waals surface area contributed by atoms with Gasteiger partial charge in [0, 0.05) is 32.6 Å². The van der Waals surface area contributed by atoms with Gasteiger partial charge in [0.15, 0.2) is 10.8 Å². The molecule has 1 aliphatic heterocycles. The number of esters is 1. The number of aliphatic hydroxyl groups is 1. The maximum Gasteiger partial charge on any atom is 0.351 e. The van der Waals surface area contributed by atoms with Gasteiger partial charge in [0.05, 0.1) is 5.57 Å². The Labute approximate surface area is 147 Å². The number of nitrogens with one attached hydrogen (secondary N) is 2. The molecule has 0 unspecified atom stereocenters. The third-order valence-corrected chi connectivity index (χ3v) is 7.35. The summed E-state index contributed by atoms with van der Waals surface area (Å²) >= 11 is 0. The van der Waals surface area contributed by atoms with Gasteiger partial charge in [-0.3, -0.25) is 0 Å². The van der Waals surface area contributed by atoms with Gasteiger partial charge >= 0.3 is 5.97 Å². The van der Waals surface area contributed by atoms with Crippen molar-refractivity contribution in [3.63, 3.8) is 0 Å². The molecule has 0 aromatic rings. The monoisotopic (exact) mass is 368 g/mol. The fraction of sp³-hybridized carbons (Fsp3) is 0.588. The van der Waals surface area contributed by atoms with E-state index >= 15 is 0 Å². The number of hydrogen-bond acceptors (Lipinski definition) is 7. The fourth-order valence-corrected chi connectivity index (χ4v) is 5.47. The lowest BCUT2D eigenvalue weighted by Gasteiger charge is -2.29. The van der Waals surface area contributed by atoms with Crippen LogP contribution in [0.15, 0.2) is 33.7 Å². The van der Waals surface area contributed by atoms with E-state index < -0.39 is 20.7 Å². The maximum absolute atomic E-state index is 13.0. The summed E-state index contributed by atoms with van der Waals surface area (Å²) in [4.78, 5) is 10.6. The highest BCUT2D eigenvalue weighted by molar-refractivity contribution is 7.97. The molecule has 3 rings (SSSR count). The minimum Gasteiger partial charge on any atom is -0.494 e. The molecule has 8 heteroatoms. The van der Waals surface area contributed by atoms with Crippen LogP contribution < -0.4 is 10.6 Å². The first kappa shape index (κ1) is 17.8. The molecule has 138 valence electrons. The predicted molar refractivity (Wildman–Crippen MR) is 92.9 cm³/mol. The van der Waals surface area contributed by atoms with Gasteiger partial charge in [-0.25, -0.2) is 13.2 Å². The van der Waals surface area contributed by atoms with Crippen molar-refractivity contribution in [2.24, 2.45) is 0 Å². The van der Waals surface area contributed by atoms with Gasteiger partial charge in [0.2, 0.25) is 14.8 Å². The molecule has 0 bridgehead atoms. The first-order valence-corrected chi connectivity index (χ1v) is 10.1. The van der Waals surface area contributed by atoms with Crippen LogP contribution in [0.3, 0.4) is 0 Å². The van der Waals surface area contributed by atoms with Crippen molar-refractivity contribution in [3.8, 4) is 0 Å². The molecule has 1 spiro atoms. The van der Waals surface area contributed by atoms with Crippen molar-refractivity contribution < 1.29 is 23.1 Å². The second-order valence-corrected chi connectivity index (χ2v) is 8.80. The quantitative estimate of drug-likeness (QED) is 0.394. The van der Waals surface area contributed by atoms with E-state index in [2.05, 4.69) is 10.6 Å². The highest BCUT2D eigenvalue weighted by Gasteiger charge is 2.58. The number of hydrogen-bond donors (Lipinski definition) is 3. The summed E-state index contributed by atoms with van der Waals surface area (Å²) < 4.78 is 31.5. The summed E-state index contributed by atoms with van der Waals surface area (Å²) in [6.07, 6.45) is 6.03. The SMILES string of the molecule is CNC(=C1CC1)C(/C=C1\C(=O)OC2(CCCCC2)S1(=O)=O)=C(/O)NC. The molecule has 0 aromatic carbocycles. The Morgan fingerprint density at radius 2 is 1.80 bits per heavy atom. The summed E-state index contributed by atoms with van der Waals surface area (Å²) in [6.45, 7) is 0. The highest BCUT2D eigenvalue weighted by atomic mass is 32.2. The van der Waals surface area contributed by atoms with Crippen LogP contribution in [-0.2, 0) is 19.4 Å². The summed E-state index contributed by atoms with van der Waals surface area (Å²) in [7, 11) is -0.686. The van der Waals surface area contributed by atoms with E-state index in [1.54, 1.807) is 7.05 Å². The van der Waals surface area contributed by atoms with Crippen molar-refractivity contribution in [2.75, 3.05) is 14.1 Å². The van der Waals surface area contributed by atoms with Crippen molar-refractivity contribution in [1.29, 1.82) is 0 Å². The number of allylic oxidation sites excluding steroid dienone is 2. The molecule has 1 saturated heterocycles. The van der Waals surface area contributed by atoms with Crippen LogP contribution in [0.4, 0.5) is 0 Å². The lowest BCUT2D eigenvalue weighted by atomic mass is 9.97. The molecule has 3 aliphatic rings.